The normalized spacial score (nSPS) is 14.2. The molecule has 0 saturated heterocycles. The Labute approximate surface area is 130 Å². The van der Waals surface area contributed by atoms with Gasteiger partial charge < -0.3 is 15.0 Å². The molecule has 1 aromatic carbocycles. The molecule has 0 bridgehead atoms. The minimum Gasteiger partial charge on any atom is -0.497 e. The molecular formula is C18H32N2O. The molecular weight excluding hydrogens is 260 g/mol. The highest BCUT2D eigenvalue weighted by Crippen LogP contribution is 2.22. The van der Waals surface area contributed by atoms with Crippen LogP contribution in [0.15, 0.2) is 24.3 Å². The second-order valence-electron chi connectivity index (χ2n) is 5.91. The Hall–Kier alpha value is -1.06. The number of unbranched alkanes of at least 4 members (excludes halogenated alkanes) is 1. The summed E-state index contributed by atoms with van der Waals surface area (Å²) in [4.78, 5) is 2.27. The van der Waals surface area contributed by atoms with Crippen LogP contribution < -0.4 is 10.1 Å². The van der Waals surface area contributed by atoms with E-state index >= 15 is 0 Å². The lowest BCUT2D eigenvalue weighted by molar-refractivity contribution is 0.274. The molecule has 21 heavy (non-hydrogen) atoms. The summed E-state index contributed by atoms with van der Waals surface area (Å²) in [5.74, 6) is 0.928. The maximum Gasteiger partial charge on any atom is 0.119 e. The van der Waals surface area contributed by atoms with Crippen LogP contribution in [-0.2, 0) is 0 Å². The van der Waals surface area contributed by atoms with Crippen molar-refractivity contribution in [2.45, 2.75) is 51.6 Å². The van der Waals surface area contributed by atoms with Crippen molar-refractivity contribution >= 4 is 0 Å². The summed E-state index contributed by atoms with van der Waals surface area (Å²) in [6.45, 7) is 5.50. The van der Waals surface area contributed by atoms with Crippen LogP contribution in [0, 0.1) is 0 Å². The minimum atomic E-state index is 0.371. The van der Waals surface area contributed by atoms with Crippen molar-refractivity contribution in [2.75, 3.05) is 27.7 Å². The predicted molar refractivity (Wildman–Crippen MR) is 91.0 cm³/mol. The Bertz CT molecular complexity index is 393. The molecule has 1 aromatic rings. The van der Waals surface area contributed by atoms with Crippen molar-refractivity contribution in [1.82, 2.24) is 10.2 Å². The third-order valence-corrected chi connectivity index (χ3v) is 4.10. The molecule has 3 nitrogen and oxygen atoms in total. The van der Waals surface area contributed by atoms with Gasteiger partial charge in [0.05, 0.1) is 7.11 Å². The van der Waals surface area contributed by atoms with E-state index in [0.717, 1.165) is 12.3 Å². The van der Waals surface area contributed by atoms with E-state index in [1.165, 1.54) is 31.2 Å². The van der Waals surface area contributed by atoms with Crippen LogP contribution >= 0.6 is 0 Å². The second-order valence-corrected chi connectivity index (χ2v) is 5.91. The van der Waals surface area contributed by atoms with E-state index in [1.54, 1.807) is 7.11 Å². The standard InChI is InChI=1S/C18H32N2O/c1-6-8-11-16(7-2)19-14-18(20(3)4)15-10-9-12-17(13-15)21-5/h9-10,12-13,16,18-19H,6-8,11,14H2,1-5H3. The van der Waals surface area contributed by atoms with E-state index in [2.05, 4.69) is 56.4 Å². The van der Waals surface area contributed by atoms with Crippen LogP contribution in [-0.4, -0.2) is 38.7 Å². The quantitative estimate of drug-likeness (QED) is 0.709. The first-order valence-electron chi connectivity index (χ1n) is 8.16. The summed E-state index contributed by atoms with van der Waals surface area (Å²) in [5.41, 5.74) is 1.30. The lowest BCUT2D eigenvalue weighted by Gasteiger charge is -2.28. The molecule has 0 spiro atoms. The Kier molecular flexibility index (Phi) is 8.40. The van der Waals surface area contributed by atoms with Crippen molar-refractivity contribution in [1.29, 1.82) is 0 Å². The molecule has 120 valence electrons. The average Bonchev–Trinajstić information content (AvgIpc) is 2.50. The van der Waals surface area contributed by atoms with E-state index in [0.29, 0.717) is 12.1 Å². The zero-order valence-electron chi connectivity index (χ0n) is 14.4. The summed E-state index contributed by atoms with van der Waals surface area (Å²) in [7, 11) is 6.00. The molecule has 0 aliphatic carbocycles. The van der Waals surface area contributed by atoms with Crippen molar-refractivity contribution in [2.24, 2.45) is 0 Å². The Morgan fingerprint density at radius 3 is 2.57 bits per heavy atom. The van der Waals surface area contributed by atoms with Crippen LogP contribution in [0.1, 0.15) is 51.1 Å². The van der Waals surface area contributed by atoms with Crippen LogP contribution in [0.3, 0.4) is 0 Å². The molecule has 0 aromatic heterocycles. The number of hydrogen-bond donors (Lipinski definition) is 1. The summed E-state index contributed by atoms with van der Waals surface area (Å²) in [5, 5.41) is 3.74. The maximum absolute atomic E-state index is 5.35. The molecule has 0 aliphatic heterocycles. The summed E-state index contributed by atoms with van der Waals surface area (Å²) >= 11 is 0. The monoisotopic (exact) mass is 292 g/mol. The van der Waals surface area contributed by atoms with Gasteiger partial charge in [0.25, 0.3) is 0 Å². The van der Waals surface area contributed by atoms with Crippen molar-refractivity contribution in [3.63, 3.8) is 0 Å². The number of nitrogens with one attached hydrogen (secondary N) is 1. The molecule has 0 heterocycles. The number of ether oxygens (including phenoxy) is 1. The lowest BCUT2D eigenvalue weighted by atomic mass is 10.0. The third kappa shape index (κ3) is 6.06. The molecule has 3 heteroatoms. The Balaban J connectivity index is 2.68. The highest BCUT2D eigenvalue weighted by molar-refractivity contribution is 5.30. The topological polar surface area (TPSA) is 24.5 Å². The number of likely N-dealkylation sites (N-methyl/N-ethyl adjacent to an activating group) is 1. The molecule has 0 saturated carbocycles. The van der Waals surface area contributed by atoms with E-state index < -0.39 is 0 Å². The molecule has 0 radical (unpaired) electrons. The highest BCUT2D eigenvalue weighted by atomic mass is 16.5. The van der Waals surface area contributed by atoms with Crippen LogP contribution in [0.25, 0.3) is 0 Å². The first kappa shape index (κ1) is 18.0. The van der Waals surface area contributed by atoms with Crippen LogP contribution in [0.2, 0.25) is 0 Å². The van der Waals surface area contributed by atoms with Gasteiger partial charge in [-0.1, -0.05) is 38.8 Å². The van der Waals surface area contributed by atoms with Crippen LogP contribution in [0.4, 0.5) is 0 Å². The fourth-order valence-electron chi connectivity index (χ4n) is 2.63. The van der Waals surface area contributed by atoms with Gasteiger partial charge >= 0.3 is 0 Å². The van der Waals surface area contributed by atoms with Gasteiger partial charge in [-0.15, -0.1) is 0 Å². The zero-order chi connectivity index (χ0) is 15.7. The summed E-state index contributed by atoms with van der Waals surface area (Å²) < 4.78 is 5.35. The van der Waals surface area contributed by atoms with E-state index in [4.69, 9.17) is 4.74 Å². The van der Waals surface area contributed by atoms with Crippen LogP contribution in [0.5, 0.6) is 5.75 Å². The SMILES string of the molecule is CCCCC(CC)NCC(c1cccc(OC)c1)N(C)C. The number of hydrogen-bond acceptors (Lipinski definition) is 3. The molecule has 1 rings (SSSR count). The Morgan fingerprint density at radius 1 is 1.24 bits per heavy atom. The Morgan fingerprint density at radius 2 is 2.00 bits per heavy atom. The average molecular weight is 292 g/mol. The zero-order valence-corrected chi connectivity index (χ0v) is 14.4. The summed E-state index contributed by atoms with van der Waals surface area (Å²) in [6.07, 6.45) is 5.03. The van der Waals surface area contributed by atoms with E-state index in [1.807, 2.05) is 6.07 Å². The molecule has 2 unspecified atom stereocenters. The van der Waals surface area contributed by atoms with Crippen molar-refractivity contribution in [3.8, 4) is 5.75 Å². The summed E-state index contributed by atoms with van der Waals surface area (Å²) in [6, 6.07) is 9.38. The van der Waals surface area contributed by atoms with Gasteiger partial charge in [0.1, 0.15) is 5.75 Å². The molecule has 0 fully saturated rings. The van der Waals surface area contributed by atoms with Gasteiger partial charge in [-0.25, -0.2) is 0 Å². The first-order valence-corrected chi connectivity index (χ1v) is 8.16. The number of nitrogens with zero attached hydrogens (tertiary/aromatic N) is 1. The van der Waals surface area contributed by atoms with Gasteiger partial charge in [-0.05, 0) is 44.6 Å². The second kappa shape index (κ2) is 9.80. The minimum absolute atomic E-state index is 0.371. The maximum atomic E-state index is 5.35. The number of benzene rings is 1. The van der Waals surface area contributed by atoms with Gasteiger partial charge in [-0.2, -0.15) is 0 Å². The smallest absolute Gasteiger partial charge is 0.119 e. The first-order chi connectivity index (χ1) is 10.1. The third-order valence-electron chi connectivity index (χ3n) is 4.10. The molecule has 0 aliphatic rings. The van der Waals surface area contributed by atoms with Crippen molar-refractivity contribution < 1.29 is 4.74 Å². The van der Waals surface area contributed by atoms with Gasteiger partial charge in [0, 0.05) is 18.6 Å². The van der Waals surface area contributed by atoms with Gasteiger partial charge in [0.2, 0.25) is 0 Å². The van der Waals surface area contributed by atoms with Gasteiger partial charge in [0.15, 0.2) is 0 Å². The largest absolute Gasteiger partial charge is 0.497 e. The fourth-order valence-corrected chi connectivity index (χ4v) is 2.63. The van der Waals surface area contributed by atoms with E-state index in [-0.39, 0.29) is 0 Å². The van der Waals surface area contributed by atoms with Gasteiger partial charge in [-0.3, -0.25) is 0 Å². The predicted octanol–water partition coefficient (Wildman–Crippen LogP) is 3.86. The fraction of sp³-hybridized carbons (Fsp3) is 0.667. The molecule has 2 atom stereocenters. The molecule has 0 amide bonds. The lowest BCUT2D eigenvalue weighted by Crippen LogP contribution is -2.36. The number of methoxy groups -OCH3 is 1. The highest BCUT2D eigenvalue weighted by Gasteiger charge is 2.16. The molecule has 1 N–H and O–H groups in total. The number of rotatable bonds is 10. The van der Waals surface area contributed by atoms with E-state index in [9.17, 15) is 0 Å². The van der Waals surface area contributed by atoms with Crippen molar-refractivity contribution in [3.05, 3.63) is 29.8 Å².